The van der Waals surface area contributed by atoms with E-state index in [4.69, 9.17) is 27.9 Å². The zero-order chi connectivity index (χ0) is 28.7. The Labute approximate surface area is 236 Å². The first-order chi connectivity index (χ1) is 18.1. The third kappa shape index (κ3) is 6.75. The van der Waals surface area contributed by atoms with Gasteiger partial charge in [-0.15, -0.1) is 0 Å². The van der Waals surface area contributed by atoms with Crippen molar-refractivity contribution in [3.63, 3.8) is 0 Å². The summed E-state index contributed by atoms with van der Waals surface area (Å²) in [4.78, 5) is 16.9. The summed E-state index contributed by atoms with van der Waals surface area (Å²) in [7, 11) is -3.38. The quantitative estimate of drug-likeness (QED) is 0.445. The number of carbonyl (C=O) groups is 1. The number of nitrogens with zero attached hydrogens (tertiary/aromatic N) is 3. The lowest BCUT2D eigenvalue weighted by atomic mass is 9.85. The molecule has 2 aliphatic heterocycles. The minimum Gasteiger partial charge on any atom is -0.490 e. The molecule has 2 fully saturated rings. The second-order valence-electron chi connectivity index (χ2n) is 10.1. The lowest BCUT2D eigenvalue weighted by molar-refractivity contribution is -0.137. The molecule has 4 rings (SSSR count). The lowest BCUT2D eigenvalue weighted by Crippen LogP contribution is -2.57. The largest absolute Gasteiger partial charge is 0.490 e. The van der Waals surface area contributed by atoms with Crippen LogP contribution in [0.4, 0.5) is 18.0 Å². The minimum absolute atomic E-state index is 0.178. The molecule has 0 saturated carbocycles. The van der Waals surface area contributed by atoms with Crippen molar-refractivity contribution in [2.24, 2.45) is 5.92 Å². The van der Waals surface area contributed by atoms with Crippen molar-refractivity contribution in [3.05, 3.63) is 63.6 Å². The molecule has 2 aromatic rings. The predicted molar refractivity (Wildman–Crippen MR) is 144 cm³/mol. The van der Waals surface area contributed by atoms with Crippen LogP contribution in [-0.2, 0) is 16.2 Å². The van der Waals surface area contributed by atoms with E-state index < -0.39 is 27.9 Å². The van der Waals surface area contributed by atoms with Crippen LogP contribution in [0, 0.1) is 5.92 Å². The number of likely N-dealkylation sites (tertiary alicyclic amines) is 1. The summed E-state index contributed by atoms with van der Waals surface area (Å²) in [5.74, 6) is -0.0926. The Hall–Kier alpha value is -2.21. The molecule has 0 aliphatic carbocycles. The van der Waals surface area contributed by atoms with Crippen LogP contribution in [0.25, 0.3) is 0 Å². The Morgan fingerprint density at radius 1 is 1.00 bits per heavy atom. The van der Waals surface area contributed by atoms with E-state index in [9.17, 15) is 26.4 Å². The number of benzene rings is 2. The minimum atomic E-state index is -4.44. The summed E-state index contributed by atoms with van der Waals surface area (Å²) < 4.78 is 70.4. The van der Waals surface area contributed by atoms with Crippen molar-refractivity contribution < 1.29 is 31.1 Å². The molecule has 0 spiro atoms. The van der Waals surface area contributed by atoms with Crippen molar-refractivity contribution in [3.8, 4) is 5.75 Å². The van der Waals surface area contributed by atoms with Gasteiger partial charge in [0.1, 0.15) is 11.9 Å². The average molecular weight is 609 g/mol. The zero-order valence-corrected chi connectivity index (χ0v) is 24.0. The second-order valence-corrected chi connectivity index (χ2v) is 12.9. The lowest BCUT2D eigenvalue weighted by Gasteiger charge is -2.39. The monoisotopic (exact) mass is 607 g/mol. The molecule has 1 unspecified atom stereocenters. The van der Waals surface area contributed by atoms with E-state index >= 15 is 0 Å². The highest BCUT2D eigenvalue weighted by atomic mass is 35.5. The number of sulfonamides is 1. The maximum atomic E-state index is 13.5. The van der Waals surface area contributed by atoms with E-state index in [0.29, 0.717) is 28.9 Å². The SMILES string of the molecule is C[C@@H]1CN(C(=O)N2CC(c3ccc(Cl)c(Cl)c3)[C@H]([C@@H](C)Oc3ccc(C(F)(F)F)cc3)C2)CCN1S(C)(=O)=O. The van der Waals surface area contributed by atoms with E-state index in [1.165, 1.54) is 16.4 Å². The van der Waals surface area contributed by atoms with E-state index in [0.717, 1.165) is 24.0 Å². The molecule has 0 bridgehead atoms. The number of halogens is 5. The van der Waals surface area contributed by atoms with E-state index in [2.05, 4.69) is 0 Å². The van der Waals surface area contributed by atoms with Crippen molar-refractivity contribution >= 4 is 39.3 Å². The molecule has 4 atom stereocenters. The number of hydrogen-bond donors (Lipinski definition) is 0. The van der Waals surface area contributed by atoms with Crippen LogP contribution in [0.3, 0.4) is 0 Å². The molecule has 39 heavy (non-hydrogen) atoms. The fourth-order valence-corrected chi connectivity index (χ4v) is 6.83. The highest BCUT2D eigenvalue weighted by molar-refractivity contribution is 7.88. The number of piperazine rings is 1. The molecule has 2 aromatic carbocycles. The molecule has 13 heteroatoms. The van der Waals surface area contributed by atoms with Crippen LogP contribution >= 0.6 is 23.2 Å². The van der Waals surface area contributed by atoms with Gasteiger partial charge in [0.25, 0.3) is 0 Å². The van der Waals surface area contributed by atoms with Crippen molar-refractivity contribution in [2.45, 2.75) is 38.1 Å². The van der Waals surface area contributed by atoms with Gasteiger partial charge in [0.15, 0.2) is 0 Å². The van der Waals surface area contributed by atoms with Gasteiger partial charge in [0.05, 0.1) is 21.9 Å². The molecule has 2 saturated heterocycles. The smallest absolute Gasteiger partial charge is 0.416 e. The average Bonchev–Trinajstić information content (AvgIpc) is 3.30. The second kappa shape index (κ2) is 11.3. The third-order valence-corrected chi connectivity index (χ3v) is 9.51. The Morgan fingerprint density at radius 2 is 1.67 bits per heavy atom. The zero-order valence-electron chi connectivity index (χ0n) is 21.7. The van der Waals surface area contributed by atoms with Gasteiger partial charge in [-0.25, -0.2) is 13.2 Å². The summed E-state index contributed by atoms with van der Waals surface area (Å²) in [6.07, 6.45) is -3.74. The molecule has 0 N–H and O–H groups in total. The number of urea groups is 1. The van der Waals surface area contributed by atoms with Crippen LogP contribution in [-0.4, -0.2) is 79.7 Å². The van der Waals surface area contributed by atoms with Gasteiger partial charge in [0, 0.05) is 50.6 Å². The maximum Gasteiger partial charge on any atom is 0.416 e. The van der Waals surface area contributed by atoms with E-state index in [-0.39, 0.29) is 43.5 Å². The molecular weight excluding hydrogens is 578 g/mol. The van der Waals surface area contributed by atoms with Gasteiger partial charge < -0.3 is 14.5 Å². The van der Waals surface area contributed by atoms with Gasteiger partial charge in [-0.3, -0.25) is 0 Å². The molecule has 2 amide bonds. The summed E-state index contributed by atoms with van der Waals surface area (Å²) >= 11 is 12.4. The van der Waals surface area contributed by atoms with Gasteiger partial charge in [-0.2, -0.15) is 17.5 Å². The number of carbonyl (C=O) groups excluding carboxylic acids is 1. The van der Waals surface area contributed by atoms with Gasteiger partial charge in [0.2, 0.25) is 10.0 Å². The first-order valence-electron chi connectivity index (χ1n) is 12.4. The van der Waals surface area contributed by atoms with Crippen molar-refractivity contribution in [2.75, 3.05) is 39.0 Å². The Morgan fingerprint density at radius 3 is 2.23 bits per heavy atom. The first-order valence-corrected chi connectivity index (χ1v) is 15.0. The fraction of sp³-hybridized carbons (Fsp3) is 0.500. The molecule has 0 radical (unpaired) electrons. The molecule has 7 nitrogen and oxygen atoms in total. The molecule has 0 aromatic heterocycles. The Kier molecular flexibility index (Phi) is 8.66. The normalized spacial score (nSPS) is 23.6. The molecule has 2 aliphatic rings. The summed E-state index contributed by atoms with van der Waals surface area (Å²) in [5, 5.41) is 0.773. The number of ether oxygens (including phenoxy) is 1. The number of hydrogen-bond acceptors (Lipinski definition) is 4. The number of amides is 2. The number of rotatable bonds is 5. The van der Waals surface area contributed by atoms with E-state index in [1.807, 2.05) is 13.0 Å². The topological polar surface area (TPSA) is 70.2 Å². The predicted octanol–water partition coefficient (Wildman–Crippen LogP) is 5.58. The summed E-state index contributed by atoms with van der Waals surface area (Å²) in [6.45, 7) is 5.05. The molecule has 214 valence electrons. The fourth-order valence-electron chi connectivity index (χ4n) is 5.39. The van der Waals surface area contributed by atoms with Crippen molar-refractivity contribution in [1.82, 2.24) is 14.1 Å². The highest BCUT2D eigenvalue weighted by Crippen LogP contribution is 2.39. The standard InChI is InChI=1S/C26H30Cl2F3N3O4S/c1-16-13-32(10-11-34(16)39(3,36)37)25(35)33-14-21(22(15-33)18-4-9-23(27)24(28)12-18)17(2)38-20-7-5-19(6-8-20)26(29,30)31/h4-9,12,16-17,21-22H,10-11,13-15H2,1-3H3/t16-,17-,21+,22?/m1/s1. The molecular formula is C26H30Cl2F3N3O4S. The third-order valence-electron chi connectivity index (χ3n) is 7.38. The first kappa shape index (κ1) is 29.8. The van der Waals surface area contributed by atoms with Crippen molar-refractivity contribution in [1.29, 1.82) is 0 Å². The number of alkyl halides is 3. The van der Waals surface area contributed by atoms with Crippen LogP contribution < -0.4 is 4.74 Å². The van der Waals surface area contributed by atoms with Crippen LogP contribution in [0.1, 0.15) is 30.9 Å². The Bertz CT molecular complexity index is 1310. The maximum absolute atomic E-state index is 13.5. The van der Waals surface area contributed by atoms with Gasteiger partial charge in [-0.05, 0) is 55.8 Å². The van der Waals surface area contributed by atoms with E-state index in [1.54, 1.807) is 28.9 Å². The van der Waals surface area contributed by atoms with Crippen LogP contribution in [0.15, 0.2) is 42.5 Å². The Balaban J connectivity index is 1.54. The molecule has 2 heterocycles. The summed E-state index contributed by atoms with van der Waals surface area (Å²) in [5.41, 5.74) is 0.0989. The van der Waals surface area contributed by atoms with Crippen LogP contribution in [0.5, 0.6) is 5.75 Å². The van der Waals surface area contributed by atoms with Crippen LogP contribution in [0.2, 0.25) is 10.0 Å². The van der Waals surface area contributed by atoms with Gasteiger partial charge >= 0.3 is 12.2 Å². The highest BCUT2D eigenvalue weighted by Gasteiger charge is 2.43. The summed E-state index contributed by atoms with van der Waals surface area (Å²) in [6, 6.07) is 9.25. The van der Waals surface area contributed by atoms with Gasteiger partial charge in [-0.1, -0.05) is 29.3 Å².